The van der Waals surface area contributed by atoms with Gasteiger partial charge in [-0.05, 0) is 36.1 Å². The number of aromatic carboxylic acids is 1. The highest BCUT2D eigenvalue weighted by atomic mass is 16.4. The summed E-state index contributed by atoms with van der Waals surface area (Å²) in [7, 11) is 0. The molecule has 2 aromatic rings. The third kappa shape index (κ3) is 3.44. The maximum absolute atomic E-state index is 13.0. The number of carboxylic acid groups (broad SMARTS) is 1. The Kier molecular flexibility index (Phi) is 5.02. The molecule has 26 heavy (non-hydrogen) atoms. The molecule has 1 aliphatic heterocycles. The first-order valence-corrected chi connectivity index (χ1v) is 8.49. The second-order valence-corrected chi connectivity index (χ2v) is 6.37. The lowest BCUT2D eigenvalue weighted by Gasteiger charge is -2.31. The Balaban J connectivity index is 1.92. The molecule has 2 aromatic carbocycles. The van der Waals surface area contributed by atoms with E-state index in [2.05, 4.69) is 0 Å². The number of hydrogen-bond acceptors (Lipinski definition) is 3. The number of likely N-dealkylation sites (tertiary alicyclic amines) is 1. The van der Waals surface area contributed by atoms with Gasteiger partial charge in [-0.3, -0.25) is 9.59 Å². The topological polar surface area (TPSA) is 101 Å². The van der Waals surface area contributed by atoms with Gasteiger partial charge in [0.15, 0.2) is 0 Å². The first kappa shape index (κ1) is 17.7. The van der Waals surface area contributed by atoms with Gasteiger partial charge in [0.2, 0.25) is 5.91 Å². The third-order valence-electron chi connectivity index (χ3n) is 4.79. The van der Waals surface area contributed by atoms with Crippen LogP contribution in [0.3, 0.4) is 0 Å². The highest BCUT2D eigenvalue weighted by Gasteiger charge is 2.28. The monoisotopic (exact) mass is 352 g/mol. The molecular formula is C20H20N2O4. The molecule has 1 aliphatic rings. The number of carboxylic acids is 1. The van der Waals surface area contributed by atoms with Crippen molar-refractivity contribution in [3.8, 4) is 11.1 Å². The van der Waals surface area contributed by atoms with Gasteiger partial charge in [0, 0.05) is 24.6 Å². The number of hydrogen-bond donors (Lipinski definition) is 2. The van der Waals surface area contributed by atoms with Gasteiger partial charge in [-0.1, -0.05) is 36.4 Å². The molecule has 1 fully saturated rings. The van der Waals surface area contributed by atoms with Gasteiger partial charge in [0.25, 0.3) is 5.91 Å². The number of primary amides is 1. The van der Waals surface area contributed by atoms with E-state index in [4.69, 9.17) is 5.73 Å². The Bertz CT molecular complexity index is 854. The van der Waals surface area contributed by atoms with Crippen molar-refractivity contribution in [1.29, 1.82) is 0 Å². The molecule has 3 rings (SSSR count). The van der Waals surface area contributed by atoms with Crippen LogP contribution in [-0.2, 0) is 4.79 Å². The highest BCUT2D eigenvalue weighted by Crippen LogP contribution is 2.29. The number of carbonyl (C=O) groups is 3. The Morgan fingerprint density at radius 3 is 1.92 bits per heavy atom. The molecule has 0 unspecified atom stereocenters. The molecule has 0 bridgehead atoms. The Morgan fingerprint density at radius 1 is 0.885 bits per heavy atom. The largest absolute Gasteiger partial charge is 0.478 e. The van der Waals surface area contributed by atoms with Gasteiger partial charge in [0.1, 0.15) is 0 Å². The summed E-state index contributed by atoms with van der Waals surface area (Å²) in [5, 5.41) is 9.45. The van der Waals surface area contributed by atoms with Crippen molar-refractivity contribution in [2.75, 3.05) is 13.1 Å². The minimum Gasteiger partial charge on any atom is -0.478 e. The fraction of sp³-hybridized carbons (Fsp3) is 0.250. The predicted molar refractivity (Wildman–Crippen MR) is 96.7 cm³/mol. The van der Waals surface area contributed by atoms with Crippen molar-refractivity contribution < 1.29 is 19.5 Å². The van der Waals surface area contributed by atoms with Crippen LogP contribution in [0.15, 0.2) is 48.5 Å². The highest BCUT2D eigenvalue weighted by molar-refractivity contribution is 6.04. The predicted octanol–water partition coefficient (Wildman–Crippen LogP) is 2.39. The van der Waals surface area contributed by atoms with E-state index in [1.165, 1.54) is 6.07 Å². The molecule has 1 saturated heterocycles. The zero-order valence-corrected chi connectivity index (χ0v) is 14.2. The lowest BCUT2D eigenvalue weighted by atomic mass is 9.93. The quantitative estimate of drug-likeness (QED) is 0.882. The van der Waals surface area contributed by atoms with E-state index < -0.39 is 5.97 Å². The number of nitrogens with zero attached hydrogens (tertiary/aromatic N) is 1. The summed E-state index contributed by atoms with van der Waals surface area (Å²) in [6.07, 6.45) is 1.10. The van der Waals surface area contributed by atoms with Crippen molar-refractivity contribution in [1.82, 2.24) is 4.90 Å². The van der Waals surface area contributed by atoms with Gasteiger partial charge in [-0.15, -0.1) is 0 Å². The Morgan fingerprint density at radius 2 is 1.38 bits per heavy atom. The first-order valence-electron chi connectivity index (χ1n) is 8.49. The molecule has 134 valence electrons. The third-order valence-corrected chi connectivity index (χ3v) is 4.79. The maximum atomic E-state index is 13.0. The van der Waals surface area contributed by atoms with Crippen LogP contribution in [0.2, 0.25) is 0 Å². The Labute approximate surface area is 151 Å². The number of rotatable bonds is 4. The molecule has 6 nitrogen and oxygen atoms in total. The summed E-state index contributed by atoms with van der Waals surface area (Å²) in [5.74, 6) is -1.72. The van der Waals surface area contributed by atoms with Crippen LogP contribution >= 0.6 is 0 Å². The van der Waals surface area contributed by atoms with E-state index in [0.717, 1.165) is 0 Å². The van der Waals surface area contributed by atoms with Gasteiger partial charge < -0.3 is 15.7 Å². The summed E-state index contributed by atoms with van der Waals surface area (Å²) in [5.41, 5.74) is 7.06. The summed E-state index contributed by atoms with van der Waals surface area (Å²) in [6, 6.07) is 13.6. The normalized spacial score (nSPS) is 14.8. The van der Waals surface area contributed by atoms with Gasteiger partial charge >= 0.3 is 5.97 Å². The van der Waals surface area contributed by atoms with Crippen LogP contribution in [0, 0.1) is 5.92 Å². The number of nitrogens with two attached hydrogens (primary N) is 1. The summed E-state index contributed by atoms with van der Waals surface area (Å²) in [4.78, 5) is 37.6. The standard InChI is InChI=1S/C20H20N2O4/c21-18(23)13-9-11-22(12-10-13)19(24)16-7-3-1-5-14(16)15-6-2-4-8-17(15)20(25)26/h1-8,13H,9-12H2,(H2,21,23)(H,25,26). The van der Waals surface area contributed by atoms with Crippen molar-refractivity contribution in [2.45, 2.75) is 12.8 Å². The molecule has 1 heterocycles. The lowest BCUT2D eigenvalue weighted by Crippen LogP contribution is -2.41. The van der Waals surface area contributed by atoms with Gasteiger partial charge in [-0.25, -0.2) is 4.79 Å². The molecule has 0 atom stereocenters. The summed E-state index contributed by atoms with van der Waals surface area (Å²) < 4.78 is 0. The van der Waals surface area contributed by atoms with E-state index >= 15 is 0 Å². The zero-order valence-electron chi connectivity index (χ0n) is 14.2. The lowest BCUT2D eigenvalue weighted by molar-refractivity contribution is -0.123. The van der Waals surface area contributed by atoms with Crippen LogP contribution in [0.5, 0.6) is 0 Å². The van der Waals surface area contributed by atoms with Crippen LogP contribution in [-0.4, -0.2) is 40.9 Å². The average Bonchev–Trinajstić information content (AvgIpc) is 2.67. The molecule has 0 aromatic heterocycles. The van der Waals surface area contributed by atoms with E-state index in [0.29, 0.717) is 42.6 Å². The van der Waals surface area contributed by atoms with Crippen LogP contribution < -0.4 is 5.73 Å². The minimum absolute atomic E-state index is 0.153. The first-order chi connectivity index (χ1) is 12.5. The van der Waals surface area contributed by atoms with Gasteiger partial charge in [-0.2, -0.15) is 0 Å². The van der Waals surface area contributed by atoms with E-state index in [1.54, 1.807) is 47.4 Å². The smallest absolute Gasteiger partial charge is 0.336 e. The molecule has 2 amide bonds. The molecule has 0 aliphatic carbocycles. The SMILES string of the molecule is NC(=O)C1CCN(C(=O)c2ccccc2-c2ccccc2C(=O)O)CC1. The second-order valence-electron chi connectivity index (χ2n) is 6.37. The summed E-state index contributed by atoms with van der Waals surface area (Å²) in [6.45, 7) is 0.919. The van der Waals surface area contributed by atoms with Crippen molar-refractivity contribution >= 4 is 17.8 Å². The number of piperidine rings is 1. The molecule has 6 heteroatoms. The Hall–Kier alpha value is -3.15. The molecule has 0 radical (unpaired) electrons. The number of carbonyl (C=O) groups excluding carboxylic acids is 2. The number of amides is 2. The number of benzene rings is 2. The van der Waals surface area contributed by atoms with E-state index in [1.807, 2.05) is 0 Å². The minimum atomic E-state index is -1.04. The van der Waals surface area contributed by atoms with Crippen molar-refractivity contribution in [2.24, 2.45) is 11.7 Å². The molecule has 0 saturated carbocycles. The molecular weight excluding hydrogens is 332 g/mol. The van der Waals surface area contributed by atoms with Crippen LogP contribution in [0.1, 0.15) is 33.6 Å². The fourth-order valence-corrected chi connectivity index (χ4v) is 3.35. The molecule has 3 N–H and O–H groups in total. The second kappa shape index (κ2) is 7.39. The van der Waals surface area contributed by atoms with Crippen molar-refractivity contribution in [3.05, 3.63) is 59.7 Å². The fourth-order valence-electron chi connectivity index (χ4n) is 3.35. The zero-order chi connectivity index (χ0) is 18.7. The molecule has 0 spiro atoms. The van der Waals surface area contributed by atoms with Gasteiger partial charge in [0.05, 0.1) is 5.56 Å². The van der Waals surface area contributed by atoms with Crippen molar-refractivity contribution in [3.63, 3.8) is 0 Å². The average molecular weight is 352 g/mol. The van der Waals surface area contributed by atoms with Crippen LogP contribution in [0.25, 0.3) is 11.1 Å². The van der Waals surface area contributed by atoms with E-state index in [9.17, 15) is 19.5 Å². The summed E-state index contributed by atoms with van der Waals surface area (Å²) >= 11 is 0. The van der Waals surface area contributed by atoms with E-state index in [-0.39, 0.29) is 23.3 Å². The van der Waals surface area contributed by atoms with Crippen LogP contribution in [0.4, 0.5) is 0 Å². The maximum Gasteiger partial charge on any atom is 0.336 e.